The smallest absolute Gasteiger partial charge is 0.263 e. The summed E-state index contributed by atoms with van der Waals surface area (Å²) >= 11 is 1.41. The zero-order chi connectivity index (χ0) is 18.1. The van der Waals surface area contributed by atoms with E-state index < -0.39 is 0 Å². The zero-order valence-electron chi connectivity index (χ0n) is 14.0. The van der Waals surface area contributed by atoms with E-state index in [1.807, 2.05) is 29.6 Å². The van der Waals surface area contributed by atoms with E-state index in [0.29, 0.717) is 16.8 Å². The van der Waals surface area contributed by atoms with Gasteiger partial charge in [0, 0.05) is 16.5 Å². The summed E-state index contributed by atoms with van der Waals surface area (Å²) < 4.78 is 20.1. The molecule has 0 aliphatic carbocycles. The fourth-order valence-corrected chi connectivity index (χ4v) is 3.85. The fourth-order valence-electron chi connectivity index (χ4n) is 2.94. The van der Waals surface area contributed by atoms with Gasteiger partial charge in [-0.05, 0) is 23.8 Å². The molecule has 4 aromatic rings. The maximum Gasteiger partial charge on any atom is 0.263 e. The van der Waals surface area contributed by atoms with Crippen LogP contribution in [0.4, 0.5) is 4.39 Å². The molecule has 2 heterocycles. The molecule has 0 radical (unpaired) electrons. The van der Waals surface area contributed by atoms with E-state index in [9.17, 15) is 9.18 Å². The lowest BCUT2D eigenvalue weighted by Crippen LogP contribution is -2.21. The van der Waals surface area contributed by atoms with Crippen molar-refractivity contribution in [2.24, 2.45) is 0 Å². The van der Waals surface area contributed by atoms with Crippen molar-refractivity contribution in [3.05, 3.63) is 82.0 Å². The molecule has 0 unspecified atom stereocenters. The maximum atomic E-state index is 13.2. The molecule has 0 aliphatic heterocycles. The molecule has 0 N–H and O–H groups in total. The molecule has 0 atom stereocenters. The minimum absolute atomic E-state index is 0.124. The van der Waals surface area contributed by atoms with Crippen LogP contribution in [-0.2, 0) is 6.54 Å². The number of aromatic nitrogens is 2. The van der Waals surface area contributed by atoms with Gasteiger partial charge in [-0.25, -0.2) is 9.37 Å². The zero-order valence-corrected chi connectivity index (χ0v) is 14.8. The molecule has 0 saturated carbocycles. The van der Waals surface area contributed by atoms with Crippen molar-refractivity contribution in [1.29, 1.82) is 0 Å². The first kappa shape index (κ1) is 16.5. The van der Waals surface area contributed by atoms with Gasteiger partial charge >= 0.3 is 0 Å². The van der Waals surface area contributed by atoms with Crippen molar-refractivity contribution in [1.82, 2.24) is 9.55 Å². The number of benzene rings is 2. The van der Waals surface area contributed by atoms with Crippen LogP contribution in [0.1, 0.15) is 5.56 Å². The van der Waals surface area contributed by atoms with Gasteiger partial charge in [-0.3, -0.25) is 9.36 Å². The third-order valence-corrected chi connectivity index (χ3v) is 5.14. The average molecular weight is 366 g/mol. The Bertz CT molecular complexity index is 1130. The number of rotatable bonds is 4. The number of thiophene rings is 1. The van der Waals surface area contributed by atoms with Gasteiger partial charge in [0.2, 0.25) is 0 Å². The van der Waals surface area contributed by atoms with E-state index in [4.69, 9.17) is 4.74 Å². The topological polar surface area (TPSA) is 44.1 Å². The number of hydrogen-bond acceptors (Lipinski definition) is 4. The molecule has 130 valence electrons. The summed E-state index contributed by atoms with van der Waals surface area (Å²) in [6, 6.07) is 13.7. The Labute approximate surface area is 153 Å². The number of halogens is 1. The second kappa shape index (κ2) is 6.72. The molecule has 2 aromatic heterocycles. The standard InChI is InChI=1S/C20H15FN2O2S/c1-25-17-5-3-2-4-14(17)10-23-12-22-19-18(20(23)24)16(11-26-19)13-6-8-15(21)9-7-13/h2-9,11-12H,10H2,1H3. The van der Waals surface area contributed by atoms with E-state index in [2.05, 4.69) is 4.98 Å². The number of methoxy groups -OCH3 is 1. The summed E-state index contributed by atoms with van der Waals surface area (Å²) in [6.07, 6.45) is 1.56. The van der Waals surface area contributed by atoms with Crippen LogP contribution in [0.5, 0.6) is 5.75 Å². The minimum atomic E-state index is -0.306. The van der Waals surface area contributed by atoms with E-state index >= 15 is 0 Å². The van der Waals surface area contributed by atoms with Crippen molar-refractivity contribution in [3.63, 3.8) is 0 Å². The minimum Gasteiger partial charge on any atom is -0.496 e. The van der Waals surface area contributed by atoms with Crippen LogP contribution < -0.4 is 10.3 Å². The number of fused-ring (bicyclic) bond motifs is 1. The summed E-state index contributed by atoms with van der Waals surface area (Å²) in [6.45, 7) is 0.366. The first-order chi connectivity index (χ1) is 12.7. The van der Waals surface area contributed by atoms with E-state index in [0.717, 1.165) is 22.4 Å². The van der Waals surface area contributed by atoms with Gasteiger partial charge in [-0.15, -0.1) is 11.3 Å². The lowest BCUT2D eigenvalue weighted by atomic mass is 10.1. The van der Waals surface area contributed by atoms with Crippen LogP contribution in [0.15, 0.2) is 65.0 Å². The van der Waals surface area contributed by atoms with Gasteiger partial charge < -0.3 is 4.74 Å². The highest BCUT2D eigenvalue weighted by molar-refractivity contribution is 7.17. The Morgan fingerprint density at radius 1 is 1.15 bits per heavy atom. The quantitative estimate of drug-likeness (QED) is 0.540. The lowest BCUT2D eigenvalue weighted by Gasteiger charge is -2.10. The largest absolute Gasteiger partial charge is 0.496 e. The average Bonchev–Trinajstić information content (AvgIpc) is 3.10. The van der Waals surface area contributed by atoms with Crippen LogP contribution in [0, 0.1) is 5.82 Å². The Balaban J connectivity index is 1.83. The third-order valence-electron chi connectivity index (χ3n) is 4.25. The van der Waals surface area contributed by atoms with Crippen LogP contribution in [0.2, 0.25) is 0 Å². The Morgan fingerprint density at radius 3 is 2.69 bits per heavy atom. The molecule has 6 heteroatoms. The second-order valence-corrected chi connectivity index (χ2v) is 6.68. The van der Waals surface area contributed by atoms with Gasteiger partial charge in [0.05, 0.1) is 25.4 Å². The number of para-hydroxylation sites is 1. The summed E-state index contributed by atoms with van der Waals surface area (Å²) in [4.78, 5) is 18.2. The van der Waals surface area contributed by atoms with E-state index in [1.54, 1.807) is 30.1 Å². The fraction of sp³-hybridized carbons (Fsp3) is 0.100. The first-order valence-corrected chi connectivity index (χ1v) is 8.90. The molecule has 0 saturated heterocycles. The van der Waals surface area contributed by atoms with Gasteiger partial charge in [0.1, 0.15) is 16.4 Å². The molecule has 4 nitrogen and oxygen atoms in total. The molecule has 2 aromatic carbocycles. The number of nitrogens with zero attached hydrogens (tertiary/aromatic N) is 2. The van der Waals surface area contributed by atoms with Crippen LogP contribution in [0.3, 0.4) is 0 Å². The summed E-state index contributed by atoms with van der Waals surface area (Å²) in [5.41, 5.74) is 2.35. The first-order valence-electron chi connectivity index (χ1n) is 8.02. The molecule has 0 fully saturated rings. The molecule has 0 spiro atoms. The second-order valence-electron chi connectivity index (χ2n) is 5.83. The number of hydrogen-bond donors (Lipinski definition) is 0. The van der Waals surface area contributed by atoms with Crippen molar-refractivity contribution >= 4 is 21.6 Å². The third kappa shape index (κ3) is 2.88. The van der Waals surface area contributed by atoms with Gasteiger partial charge in [0.25, 0.3) is 5.56 Å². The highest BCUT2D eigenvalue weighted by atomic mass is 32.1. The van der Waals surface area contributed by atoms with Crippen molar-refractivity contribution < 1.29 is 9.13 Å². The maximum absolute atomic E-state index is 13.2. The SMILES string of the molecule is COc1ccccc1Cn1cnc2scc(-c3ccc(F)cc3)c2c1=O. The summed E-state index contributed by atoms with van der Waals surface area (Å²) in [5, 5.41) is 2.44. The molecule has 0 aliphatic rings. The van der Waals surface area contributed by atoms with Crippen molar-refractivity contribution in [2.75, 3.05) is 7.11 Å². The predicted octanol–water partition coefficient (Wildman–Crippen LogP) is 4.32. The summed E-state index contributed by atoms with van der Waals surface area (Å²) in [5.74, 6) is 0.420. The highest BCUT2D eigenvalue weighted by Crippen LogP contribution is 2.30. The van der Waals surface area contributed by atoms with Crippen LogP contribution in [-0.4, -0.2) is 16.7 Å². The Morgan fingerprint density at radius 2 is 1.92 bits per heavy atom. The molecule has 0 amide bonds. The molecular formula is C20H15FN2O2S. The van der Waals surface area contributed by atoms with Crippen molar-refractivity contribution in [3.8, 4) is 16.9 Å². The normalized spacial score (nSPS) is 11.0. The Kier molecular flexibility index (Phi) is 4.26. The highest BCUT2D eigenvalue weighted by Gasteiger charge is 2.14. The number of ether oxygens (including phenoxy) is 1. The Hall–Kier alpha value is -2.99. The molecular weight excluding hydrogens is 351 g/mol. The van der Waals surface area contributed by atoms with Gasteiger partial charge in [0.15, 0.2) is 0 Å². The van der Waals surface area contributed by atoms with Crippen LogP contribution in [0.25, 0.3) is 21.3 Å². The molecule has 26 heavy (non-hydrogen) atoms. The van der Waals surface area contributed by atoms with Gasteiger partial charge in [-0.2, -0.15) is 0 Å². The van der Waals surface area contributed by atoms with E-state index in [1.165, 1.54) is 23.5 Å². The van der Waals surface area contributed by atoms with E-state index in [-0.39, 0.29) is 11.4 Å². The summed E-state index contributed by atoms with van der Waals surface area (Å²) in [7, 11) is 1.61. The molecule has 4 rings (SSSR count). The van der Waals surface area contributed by atoms with Crippen molar-refractivity contribution in [2.45, 2.75) is 6.54 Å². The molecule has 0 bridgehead atoms. The van der Waals surface area contributed by atoms with Gasteiger partial charge in [-0.1, -0.05) is 30.3 Å². The monoisotopic (exact) mass is 366 g/mol. The van der Waals surface area contributed by atoms with Crippen LogP contribution >= 0.6 is 11.3 Å². The predicted molar refractivity (Wildman–Crippen MR) is 101 cm³/mol. The lowest BCUT2D eigenvalue weighted by molar-refractivity contribution is 0.408.